The normalized spacial score (nSPS) is 13.4. The quantitative estimate of drug-likeness (QED) is 0.227. The van der Waals surface area contributed by atoms with E-state index in [9.17, 15) is 0 Å². The minimum absolute atomic E-state index is 0.231. The van der Waals surface area contributed by atoms with Gasteiger partial charge in [-0.3, -0.25) is 0 Å². The molecular weight excluding hydrogens is 304 g/mol. The molecule has 0 radical (unpaired) electrons. The van der Waals surface area contributed by atoms with Crippen LogP contribution in [0.3, 0.4) is 0 Å². The van der Waals surface area contributed by atoms with Gasteiger partial charge < -0.3 is 13.3 Å². The maximum absolute atomic E-state index is 5.93. The minimum Gasteiger partial charge on any atom is -0.377 e. The van der Waals surface area contributed by atoms with Crippen molar-refractivity contribution in [1.29, 1.82) is 0 Å². The smallest absolute Gasteiger partial charge is 0.377 e. The van der Waals surface area contributed by atoms with E-state index in [0.29, 0.717) is 0 Å². The zero-order chi connectivity index (χ0) is 17.4. The average Bonchev–Trinajstić information content (AvgIpc) is 2.55. The molecule has 0 aliphatic carbocycles. The van der Waals surface area contributed by atoms with Gasteiger partial charge in [0, 0.05) is 26.9 Å². The highest BCUT2D eigenvalue weighted by atomic mass is 28.4. The molecule has 0 fully saturated rings. The highest BCUT2D eigenvalue weighted by Crippen LogP contribution is 2.16. The second-order valence-electron chi connectivity index (χ2n) is 6.88. The van der Waals surface area contributed by atoms with E-state index in [2.05, 4.69) is 13.8 Å². The van der Waals surface area contributed by atoms with Gasteiger partial charge in [0.2, 0.25) is 0 Å². The minimum atomic E-state index is -2.36. The van der Waals surface area contributed by atoms with E-state index < -0.39 is 8.80 Å². The van der Waals surface area contributed by atoms with Crippen molar-refractivity contribution < 1.29 is 13.3 Å². The zero-order valence-electron chi connectivity index (χ0n) is 16.5. The fraction of sp³-hybridized carbons (Fsp3) is 1.00. The van der Waals surface area contributed by atoms with Crippen molar-refractivity contribution in [2.45, 2.75) is 110 Å². The summed E-state index contributed by atoms with van der Waals surface area (Å²) in [7, 11) is 0.983. The molecule has 0 aliphatic heterocycles. The lowest BCUT2D eigenvalue weighted by atomic mass is 10.0. The molecule has 0 heterocycles. The van der Waals surface area contributed by atoms with Crippen LogP contribution >= 0.6 is 0 Å². The fourth-order valence-corrected chi connectivity index (χ4v) is 4.08. The van der Waals surface area contributed by atoms with Gasteiger partial charge in [-0.05, 0) is 13.3 Å². The highest BCUT2D eigenvalue weighted by molar-refractivity contribution is 6.59. The third-order valence-electron chi connectivity index (χ3n) is 4.62. The van der Waals surface area contributed by atoms with Gasteiger partial charge in [-0.25, -0.2) is 0 Å². The molecule has 0 aromatic rings. The molecule has 0 aromatic carbocycles. The molecule has 0 bridgehead atoms. The Balaban J connectivity index is 3.33. The van der Waals surface area contributed by atoms with E-state index in [-0.39, 0.29) is 6.10 Å². The highest BCUT2D eigenvalue weighted by Gasteiger charge is 2.33. The number of unbranched alkanes of at least 4 members (excludes halogenated alkanes) is 11. The lowest BCUT2D eigenvalue weighted by Gasteiger charge is -2.26. The molecular formula is C19H42O3Si. The van der Waals surface area contributed by atoms with Crippen molar-refractivity contribution >= 4 is 8.80 Å². The lowest BCUT2D eigenvalue weighted by molar-refractivity contribution is 0.0641. The van der Waals surface area contributed by atoms with E-state index in [1.165, 1.54) is 77.0 Å². The lowest BCUT2D eigenvalue weighted by Crippen LogP contribution is -2.42. The molecule has 0 N–H and O–H groups in total. The molecule has 0 rings (SSSR count). The monoisotopic (exact) mass is 346 g/mol. The van der Waals surface area contributed by atoms with Crippen molar-refractivity contribution in [3.05, 3.63) is 0 Å². The van der Waals surface area contributed by atoms with E-state index in [1.54, 1.807) is 14.2 Å². The Morgan fingerprint density at radius 2 is 1.09 bits per heavy atom. The molecule has 0 amide bonds. The maximum Gasteiger partial charge on any atom is 0.497 e. The summed E-state index contributed by atoms with van der Waals surface area (Å²) >= 11 is 0. The van der Waals surface area contributed by atoms with Crippen molar-refractivity contribution in [1.82, 2.24) is 0 Å². The van der Waals surface area contributed by atoms with Crippen molar-refractivity contribution in [2.75, 3.05) is 14.2 Å². The molecule has 4 heteroatoms. The molecule has 0 saturated heterocycles. The third kappa shape index (κ3) is 14.2. The van der Waals surface area contributed by atoms with Crippen LogP contribution in [0.2, 0.25) is 6.55 Å². The van der Waals surface area contributed by atoms with Crippen molar-refractivity contribution in [2.24, 2.45) is 0 Å². The number of hydrogen-bond donors (Lipinski definition) is 0. The first-order valence-corrected chi connectivity index (χ1v) is 12.1. The van der Waals surface area contributed by atoms with E-state index >= 15 is 0 Å². The van der Waals surface area contributed by atoms with Gasteiger partial charge in [-0.15, -0.1) is 0 Å². The van der Waals surface area contributed by atoms with Gasteiger partial charge in [0.1, 0.15) is 0 Å². The SMILES string of the molecule is CCCCCCCCCCCCCCC(C)O[Si](C)(OC)OC. The van der Waals surface area contributed by atoms with Crippen molar-refractivity contribution in [3.8, 4) is 0 Å². The molecule has 3 nitrogen and oxygen atoms in total. The van der Waals surface area contributed by atoms with Gasteiger partial charge in [-0.2, -0.15) is 0 Å². The fourth-order valence-electron chi connectivity index (χ4n) is 2.88. The predicted octanol–water partition coefficient (Wildman–Crippen LogP) is 6.34. The van der Waals surface area contributed by atoms with Crippen LogP contribution in [-0.4, -0.2) is 29.1 Å². The van der Waals surface area contributed by atoms with Gasteiger partial charge in [-0.1, -0.05) is 84.0 Å². The average molecular weight is 347 g/mol. The molecule has 0 aliphatic rings. The van der Waals surface area contributed by atoms with Crippen LogP contribution in [0.15, 0.2) is 0 Å². The summed E-state index contributed by atoms with van der Waals surface area (Å²) in [5.74, 6) is 0. The van der Waals surface area contributed by atoms with E-state index in [4.69, 9.17) is 13.3 Å². The molecule has 0 saturated carbocycles. The van der Waals surface area contributed by atoms with Crippen LogP contribution in [0.25, 0.3) is 0 Å². The van der Waals surface area contributed by atoms with Crippen LogP contribution in [0.4, 0.5) is 0 Å². The summed E-state index contributed by atoms with van der Waals surface area (Å²) in [6.07, 6.45) is 18.0. The summed E-state index contributed by atoms with van der Waals surface area (Å²) in [4.78, 5) is 0. The van der Waals surface area contributed by atoms with Gasteiger partial charge in [0.05, 0.1) is 0 Å². The molecule has 140 valence electrons. The van der Waals surface area contributed by atoms with Crippen LogP contribution in [0.5, 0.6) is 0 Å². The number of rotatable bonds is 17. The molecule has 1 atom stereocenters. The molecule has 23 heavy (non-hydrogen) atoms. The summed E-state index contributed by atoms with van der Waals surface area (Å²) < 4.78 is 16.7. The van der Waals surface area contributed by atoms with E-state index in [1.807, 2.05) is 6.55 Å². The Morgan fingerprint density at radius 3 is 1.48 bits per heavy atom. The van der Waals surface area contributed by atoms with Crippen LogP contribution < -0.4 is 0 Å². The van der Waals surface area contributed by atoms with E-state index in [0.717, 1.165) is 6.42 Å². The zero-order valence-corrected chi connectivity index (χ0v) is 17.5. The summed E-state index contributed by atoms with van der Waals surface area (Å²) in [6.45, 7) is 6.36. The second kappa shape index (κ2) is 15.6. The predicted molar refractivity (Wildman–Crippen MR) is 102 cm³/mol. The summed E-state index contributed by atoms with van der Waals surface area (Å²) in [5, 5.41) is 0. The Bertz CT molecular complexity index is 245. The molecule has 1 unspecified atom stereocenters. The summed E-state index contributed by atoms with van der Waals surface area (Å²) in [5.41, 5.74) is 0. The van der Waals surface area contributed by atoms with Crippen molar-refractivity contribution in [3.63, 3.8) is 0 Å². The number of hydrogen-bond acceptors (Lipinski definition) is 3. The van der Waals surface area contributed by atoms with Crippen LogP contribution in [0.1, 0.15) is 97.3 Å². The van der Waals surface area contributed by atoms with Gasteiger partial charge >= 0.3 is 8.80 Å². The summed E-state index contributed by atoms with van der Waals surface area (Å²) in [6, 6.07) is 0. The largest absolute Gasteiger partial charge is 0.497 e. The van der Waals surface area contributed by atoms with Gasteiger partial charge in [0.15, 0.2) is 0 Å². The third-order valence-corrected chi connectivity index (χ3v) is 6.93. The standard InChI is InChI=1S/C19H42O3Si/c1-6-7-8-9-10-11-12-13-14-15-16-17-18-19(2)22-23(5,20-3)21-4/h19H,6-18H2,1-5H3. The van der Waals surface area contributed by atoms with Crippen LogP contribution in [0, 0.1) is 0 Å². The Labute approximate surface area is 146 Å². The molecule has 0 spiro atoms. The maximum atomic E-state index is 5.93. The Morgan fingerprint density at radius 1 is 0.696 bits per heavy atom. The Kier molecular flexibility index (Phi) is 15.7. The first kappa shape index (κ1) is 23.1. The van der Waals surface area contributed by atoms with Crippen LogP contribution in [-0.2, 0) is 13.3 Å². The molecule has 0 aromatic heterocycles. The van der Waals surface area contributed by atoms with Gasteiger partial charge in [0.25, 0.3) is 0 Å². The first-order chi connectivity index (χ1) is 11.1. The second-order valence-corrected chi connectivity index (χ2v) is 9.65. The Hall–Kier alpha value is 0.0969. The first-order valence-electron chi connectivity index (χ1n) is 9.86. The topological polar surface area (TPSA) is 27.7 Å².